The third-order valence-electron chi connectivity index (χ3n) is 5.94. The molecule has 2 aromatic carbocycles. The molecule has 1 heterocycles. The topological polar surface area (TPSA) is 138 Å². The summed E-state index contributed by atoms with van der Waals surface area (Å²) in [4.78, 5) is 17.1. The highest BCUT2D eigenvalue weighted by Gasteiger charge is 2.34. The Kier molecular flexibility index (Phi) is 8.70. The standard InChI is InChI=1S/C26H28BN3O6S/c31-26(30-24(27(32)33)16-20-11-12-20)21(15-19-7-3-1-4-8-19)17-29-37(34,35)25-14-13-23(18-28-25)36-22-9-5-2-6-10-22/h1-10,13-14,17-18,20-21,24,32-33H,11-12,15-16H2,(H,30,31)/t21?,24-/m0/s1. The van der Waals surface area contributed by atoms with Crippen molar-refractivity contribution in [3.8, 4) is 11.5 Å². The van der Waals surface area contributed by atoms with Crippen molar-refractivity contribution in [3.05, 3.63) is 84.6 Å². The van der Waals surface area contributed by atoms with Crippen LogP contribution in [0.5, 0.6) is 11.5 Å². The molecule has 2 atom stereocenters. The maximum Gasteiger partial charge on any atom is 0.475 e. The Morgan fingerprint density at radius 3 is 2.32 bits per heavy atom. The van der Waals surface area contributed by atoms with E-state index in [1.165, 1.54) is 18.3 Å². The Morgan fingerprint density at radius 2 is 1.73 bits per heavy atom. The Hall–Kier alpha value is -3.54. The quantitative estimate of drug-likeness (QED) is 0.246. The maximum absolute atomic E-state index is 13.1. The van der Waals surface area contributed by atoms with Gasteiger partial charge in [-0.2, -0.15) is 12.8 Å². The number of benzene rings is 2. The first-order chi connectivity index (χ1) is 17.8. The van der Waals surface area contributed by atoms with Crippen LogP contribution >= 0.6 is 0 Å². The smallest absolute Gasteiger partial charge is 0.456 e. The van der Waals surface area contributed by atoms with Gasteiger partial charge in [-0.1, -0.05) is 61.4 Å². The summed E-state index contributed by atoms with van der Waals surface area (Å²) in [5.74, 6) is -1.06. The molecular formula is C26H28BN3O6S. The van der Waals surface area contributed by atoms with Gasteiger partial charge < -0.3 is 20.1 Å². The van der Waals surface area contributed by atoms with Crippen LogP contribution in [0.2, 0.25) is 0 Å². The third-order valence-corrected chi connectivity index (χ3v) is 7.11. The molecule has 1 aliphatic carbocycles. The molecule has 37 heavy (non-hydrogen) atoms. The van der Waals surface area contributed by atoms with Gasteiger partial charge in [0.05, 0.1) is 18.1 Å². The molecule has 0 radical (unpaired) electrons. The monoisotopic (exact) mass is 521 g/mol. The normalized spacial score (nSPS) is 15.2. The number of nitrogens with one attached hydrogen (secondary N) is 1. The molecule has 9 nitrogen and oxygen atoms in total. The lowest BCUT2D eigenvalue weighted by Gasteiger charge is -2.20. The van der Waals surface area contributed by atoms with E-state index < -0.39 is 34.9 Å². The van der Waals surface area contributed by atoms with Crippen molar-refractivity contribution in [2.24, 2.45) is 16.2 Å². The van der Waals surface area contributed by atoms with Gasteiger partial charge in [0.2, 0.25) is 5.91 Å². The van der Waals surface area contributed by atoms with Crippen LogP contribution in [-0.2, 0) is 21.2 Å². The number of hydrogen-bond donors (Lipinski definition) is 3. The van der Waals surface area contributed by atoms with Gasteiger partial charge in [0.15, 0.2) is 5.03 Å². The SMILES string of the molecule is O=C(N[C@@H](CC1CC1)B(O)O)C(C=NS(=O)(=O)c1ccc(Oc2ccccc2)cn1)Cc1ccccc1. The minimum Gasteiger partial charge on any atom is -0.456 e. The van der Waals surface area contributed by atoms with E-state index >= 15 is 0 Å². The fourth-order valence-corrected chi connectivity index (χ4v) is 4.59. The second-order valence-electron chi connectivity index (χ2n) is 8.98. The number of sulfonamides is 1. The van der Waals surface area contributed by atoms with Gasteiger partial charge in [-0.15, -0.1) is 0 Å². The van der Waals surface area contributed by atoms with Crippen LogP contribution in [0, 0.1) is 11.8 Å². The molecule has 1 amide bonds. The van der Waals surface area contributed by atoms with Crippen molar-refractivity contribution >= 4 is 29.3 Å². The molecule has 1 aromatic heterocycles. The van der Waals surface area contributed by atoms with Crippen LogP contribution in [0.3, 0.4) is 0 Å². The van der Waals surface area contributed by atoms with Crippen LogP contribution in [0.4, 0.5) is 0 Å². The highest BCUT2D eigenvalue weighted by atomic mass is 32.2. The second-order valence-corrected chi connectivity index (χ2v) is 10.6. The highest BCUT2D eigenvalue weighted by molar-refractivity contribution is 7.90. The van der Waals surface area contributed by atoms with Crippen molar-refractivity contribution in [2.45, 2.75) is 36.7 Å². The van der Waals surface area contributed by atoms with Crippen LogP contribution in [0.1, 0.15) is 24.8 Å². The van der Waals surface area contributed by atoms with E-state index in [9.17, 15) is 23.3 Å². The summed E-state index contributed by atoms with van der Waals surface area (Å²) in [5.41, 5.74) is 0.801. The molecule has 3 N–H and O–H groups in total. The van der Waals surface area contributed by atoms with Crippen molar-refractivity contribution < 1.29 is 28.0 Å². The molecule has 0 aliphatic heterocycles. The van der Waals surface area contributed by atoms with Crippen LogP contribution in [-0.4, -0.2) is 48.6 Å². The Labute approximate surface area is 216 Å². The van der Waals surface area contributed by atoms with E-state index in [0.29, 0.717) is 23.8 Å². The van der Waals surface area contributed by atoms with E-state index in [-0.39, 0.29) is 11.4 Å². The fraction of sp³-hybridized carbons (Fsp3) is 0.269. The van der Waals surface area contributed by atoms with Crippen LogP contribution in [0.15, 0.2) is 88.4 Å². The summed E-state index contributed by atoms with van der Waals surface area (Å²) in [7, 11) is -5.92. The number of rotatable bonds is 12. The van der Waals surface area contributed by atoms with Crippen molar-refractivity contribution in [3.63, 3.8) is 0 Å². The minimum atomic E-state index is -4.20. The van der Waals surface area contributed by atoms with Crippen LogP contribution < -0.4 is 10.1 Å². The molecule has 1 unspecified atom stereocenters. The number of para-hydroxylation sites is 1. The molecule has 192 valence electrons. The minimum absolute atomic E-state index is 0.181. The Bertz CT molecular complexity index is 1300. The van der Waals surface area contributed by atoms with E-state index in [4.69, 9.17) is 4.74 Å². The molecule has 4 rings (SSSR count). The van der Waals surface area contributed by atoms with Gasteiger partial charge in [0.1, 0.15) is 11.5 Å². The summed E-state index contributed by atoms with van der Waals surface area (Å²) in [6, 6.07) is 20.9. The summed E-state index contributed by atoms with van der Waals surface area (Å²) in [6.07, 6.45) is 4.95. The first-order valence-corrected chi connectivity index (χ1v) is 13.4. The first-order valence-electron chi connectivity index (χ1n) is 12.0. The Balaban J connectivity index is 1.49. The number of carbonyl (C=O) groups excluding carboxylic acids is 1. The maximum atomic E-state index is 13.1. The average Bonchev–Trinajstić information content (AvgIpc) is 3.72. The van der Waals surface area contributed by atoms with Gasteiger partial charge in [-0.3, -0.25) is 4.79 Å². The lowest BCUT2D eigenvalue weighted by atomic mass is 9.76. The Morgan fingerprint density at radius 1 is 1.05 bits per heavy atom. The number of ether oxygens (including phenoxy) is 1. The van der Waals surface area contributed by atoms with Crippen molar-refractivity contribution in [2.75, 3.05) is 0 Å². The predicted octanol–water partition coefficient (Wildman–Crippen LogP) is 2.79. The molecule has 0 spiro atoms. The lowest BCUT2D eigenvalue weighted by molar-refractivity contribution is -0.123. The van der Waals surface area contributed by atoms with Gasteiger partial charge in [0.25, 0.3) is 10.0 Å². The van der Waals surface area contributed by atoms with E-state index in [0.717, 1.165) is 24.6 Å². The van der Waals surface area contributed by atoms with E-state index in [1.807, 2.05) is 48.5 Å². The largest absolute Gasteiger partial charge is 0.475 e. The zero-order valence-electron chi connectivity index (χ0n) is 20.1. The first kappa shape index (κ1) is 26.5. The highest BCUT2D eigenvalue weighted by Crippen LogP contribution is 2.33. The fourth-order valence-electron chi connectivity index (χ4n) is 3.75. The third kappa shape index (κ3) is 7.98. The predicted molar refractivity (Wildman–Crippen MR) is 140 cm³/mol. The summed E-state index contributed by atoms with van der Waals surface area (Å²) in [6.45, 7) is 0. The molecule has 0 saturated heterocycles. The molecule has 11 heteroatoms. The second kappa shape index (κ2) is 12.1. The molecule has 3 aromatic rings. The van der Waals surface area contributed by atoms with Gasteiger partial charge in [-0.05, 0) is 48.6 Å². The zero-order valence-corrected chi connectivity index (χ0v) is 20.9. The van der Waals surface area contributed by atoms with Crippen LogP contribution in [0.25, 0.3) is 0 Å². The molecule has 1 fully saturated rings. The van der Waals surface area contributed by atoms with Crippen molar-refractivity contribution in [1.29, 1.82) is 0 Å². The number of amides is 1. The van der Waals surface area contributed by atoms with E-state index in [2.05, 4.69) is 14.7 Å². The average molecular weight is 521 g/mol. The zero-order chi connectivity index (χ0) is 26.3. The molecule has 1 saturated carbocycles. The van der Waals surface area contributed by atoms with E-state index in [1.54, 1.807) is 12.1 Å². The lowest BCUT2D eigenvalue weighted by Crippen LogP contribution is -2.49. The van der Waals surface area contributed by atoms with Crippen molar-refractivity contribution in [1.82, 2.24) is 10.3 Å². The number of hydrogen-bond acceptors (Lipinski definition) is 7. The summed E-state index contributed by atoms with van der Waals surface area (Å²) in [5, 5.41) is 21.8. The summed E-state index contributed by atoms with van der Waals surface area (Å²) < 4.78 is 35.1. The summed E-state index contributed by atoms with van der Waals surface area (Å²) >= 11 is 0. The molecule has 0 bridgehead atoms. The number of nitrogens with zero attached hydrogens (tertiary/aromatic N) is 2. The van der Waals surface area contributed by atoms with Gasteiger partial charge in [0, 0.05) is 6.21 Å². The number of pyridine rings is 1. The van der Waals surface area contributed by atoms with Gasteiger partial charge >= 0.3 is 7.12 Å². The number of carbonyl (C=O) groups is 1. The van der Waals surface area contributed by atoms with Gasteiger partial charge in [-0.25, -0.2) is 4.98 Å². The molecule has 1 aliphatic rings. The molecular weight excluding hydrogens is 493 g/mol. The number of aromatic nitrogens is 1.